The Labute approximate surface area is 126 Å². The summed E-state index contributed by atoms with van der Waals surface area (Å²) in [7, 11) is -3.50. The van der Waals surface area contributed by atoms with Gasteiger partial charge in [-0.25, -0.2) is 13.1 Å². The monoisotopic (exact) mass is 313 g/mol. The predicted octanol–water partition coefficient (Wildman–Crippen LogP) is 2.07. The Morgan fingerprint density at radius 2 is 1.76 bits per heavy atom. The molecule has 0 aliphatic carbocycles. The van der Waals surface area contributed by atoms with Gasteiger partial charge in [-0.15, -0.1) is 0 Å². The highest BCUT2D eigenvalue weighted by Crippen LogP contribution is 2.17. The van der Waals surface area contributed by atoms with Crippen LogP contribution in [0.3, 0.4) is 0 Å². The van der Waals surface area contributed by atoms with Crippen molar-refractivity contribution in [3.05, 3.63) is 35.9 Å². The molecule has 0 aliphatic rings. The molecule has 5 nitrogen and oxygen atoms in total. The van der Waals surface area contributed by atoms with Gasteiger partial charge in [-0.05, 0) is 17.4 Å². The molecule has 2 unspecified atom stereocenters. The van der Waals surface area contributed by atoms with Crippen molar-refractivity contribution in [1.29, 1.82) is 0 Å². The predicted molar refractivity (Wildman–Crippen MR) is 82.6 cm³/mol. The molecule has 0 amide bonds. The number of benzene rings is 1. The molecule has 118 valence electrons. The van der Waals surface area contributed by atoms with E-state index in [0.29, 0.717) is 0 Å². The molecular formula is C15H23NO4S. The van der Waals surface area contributed by atoms with Gasteiger partial charge < -0.3 is 5.11 Å². The second-order valence-electron chi connectivity index (χ2n) is 5.63. The third-order valence-corrected chi connectivity index (χ3v) is 5.03. The molecule has 0 aromatic heterocycles. The highest BCUT2D eigenvalue weighted by atomic mass is 32.2. The van der Waals surface area contributed by atoms with Crippen LogP contribution in [0.1, 0.15) is 32.3 Å². The summed E-state index contributed by atoms with van der Waals surface area (Å²) in [6.07, 6.45) is 0. The lowest BCUT2D eigenvalue weighted by molar-refractivity contribution is -0.142. The zero-order valence-corrected chi connectivity index (χ0v) is 13.4. The molecule has 1 aromatic carbocycles. The fourth-order valence-corrected chi connectivity index (χ4v) is 3.49. The summed E-state index contributed by atoms with van der Waals surface area (Å²) in [6, 6.07) is 9.38. The lowest BCUT2D eigenvalue weighted by Gasteiger charge is -2.18. The molecule has 1 rings (SSSR count). The Morgan fingerprint density at radius 1 is 1.19 bits per heavy atom. The van der Waals surface area contributed by atoms with Gasteiger partial charge in [0.1, 0.15) is 0 Å². The summed E-state index contributed by atoms with van der Waals surface area (Å²) in [4.78, 5) is 11.1. The normalized spacial score (nSPS) is 14.9. The van der Waals surface area contributed by atoms with Gasteiger partial charge in [0.05, 0.1) is 11.7 Å². The van der Waals surface area contributed by atoms with Crippen molar-refractivity contribution in [1.82, 2.24) is 4.72 Å². The number of carbonyl (C=O) groups is 1. The van der Waals surface area contributed by atoms with Crippen molar-refractivity contribution in [2.45, 2.75) is 26.7 Å². The van der Waals surface area contributed by atoms with Gasteiger partial charge in [-0.1, -0.05) is 51.1 Å². The average molecular weight is 313 g/mol. The van der Waals surface area contributed by atoms with E-state index in [1.807, 2.05) is 37.3 Å². The van der Waals surface area contributed by atoms with Crippen molar-refractivity contribution in [2.75, 3.05) is 12.3 Å². The maximum absolute atomic E-state index is 12.1. The average Bonchev–Trinajstić information content (AvgIpc) is 2.38. The summed E-state index contributed by atoms with van der Waals surface area (Å²) in [5, 5.41) is 9.07. The van der Waals surface area contributed by atoms with Crippen LogP contribution in [0, 0.1) is 11.8 Å². The minimum atomic E-state index is -3.50. The lowest BCUT2D eigenvalue weighted by atomic mass is 9.97. The summed E-state index contributed by atoms with van der Waals surface area (Å²) < 4.78 is 26.5. The van der Waals surface area contributed by atoms with Crippen molar-refractivity contribution in [3.8, 4) is 0 Å². The van der Waals surface area contributed by atoms with Crippen LogP contribution in [0.15, 0.2) is 30.3 Å². The fraction of sp³-hybridized carbons (Fsp3) is 0.533. The van der Waals surface area contributed by atoms with E-state index in [1.165, 1.54) is 0 Å². The fourth-order valence-electron chi connectivity index (χ4n) is 2.09. The molecule has 2 N–H and O–H groups in total. The van der Waals surface area contributed by atoms with Crippen LogP contribution in [0.4, 0.5) is 0 Å². The van der Waals surface area contributed by atoms with Crippen molar-refractivity contribution in [3.63, 3.8) is 0 Å². The van der Waals surface area contributed by atoms with E-state index < -0.39 is 21.9 Å². The zero-order valence-electron chi connectivity index (χ0n) is 12.6. The van der Waals surface area contributed by atoms with E-state index in [1.54, 1.807) is 13.8 Å². The Balaban J connectivity index is 2.64. The van der Waals surface area contributed by atoms with E-state index in [9.17, 15) is 13.2 Å². The maximum atomic E-state index is 12.1. The summed E-state index contributed by atoms with van der Waals surface area (Å²) in [5.41, 5.74) is 0.946. The van der Waals surface area contributed by atoms with Crippen LogP contribution in [-0.4, -0.2) is 31.8 Å². The SMILES string of the molecule is CC(CS(=O)(=O)NCC(C(=O)O)C(C)C)c1ccccc1. The van der Waals surface area contributed by atoms with Gasteiger partial charge in [-0.2, -0.15) is 0 Å². The topological polar surface area (TPSA) is 83.5 Å². The Morgan fingerprint density at radius 3 is 2.24 bits per heavy atom. The zero-order chi connectivity index (χ0) is 16.0. The molecule has 0 bridgehead atoms. The highest BCUT2D eigenvalue weighted by Gasteiger charge is 2.24. The Kier molecular flexibility index (Phi) is 6.36. The number of hydrogen-bond acceptors (Lipinski definition) is 3. The first kappa shape index (κ1) is 17.7. The van der Waals surface area contributed by atoms with Crippen LogP contribution in [0.5, 0.6) is 0 Å². The van der Waals surface area contributed by atoms with Crippen molar-refractivity contribution in [2.24, 2.45) is 11.8 Å². The number of nitrogens with one attached hydrogen (secondary N) is 1. The third-order valence-electron chi connectivity index (χ3n) is 3.48. The van der Waals surface area contributed by atoms with E-state index in [2.05, 4.69) is 4.72 Å². The van der Waals surface area contributed by atoms with E-state index in [0.717, 1.165) is 5.56 Å². The molecule has 21 heavy (non-hydrogen) atoms. The first-order valence-electron chi connectivity index (χ1n) is 6.98. The van der Waals surface area contributed by atoms with Crippen LogP contribution in [0.2, 0.25) is 0 Å². The lowest BCUT2D eigenvalue weighted by Crippen LogP contribution is -2.37. The number of hydrogen-bond donors (Lipinski definition) is 2. The first-order chi connectivity index (χ1) is 9.73. The van der Waals surface area contributed by atoms with Crippen molar-refractivity contribution >= 4 is 16.0 Å². The van der Waals surface area contributed by atoms with Crippen LogP contribution >= 0.6 is 0 Å². The summed E-state index contributed by atoms with van der Waals surface area (Å²) in [5.74, 6) is -2.03. The van der Waals surface area contributed by atoms with Gasteiger partial charge >= 0.3 is 5.97 Å². The number of aliphatic carboxylic acids is 1. The number of sulfonamides is 1. The molecule has 0 radical (unpaired) electrons. The smallest absolute Gasteiger partial charge is 0.308 e. The molecule has 2 atom stereocenters. The van der Waals surface area contributed by atoms with Gasteiger partial charge in [0.15, 0.2) is 0 Å². The van der Waals surface area contributed by atoms with Gasteiger partial charge in [0.2, 0.25) is 10.0 Å². The second kappa shape index (κ2) is 7.56. The molecule has 0 saturated heterocycles. The molecule has 6 heteroatoms. The molecular weight excluding hydrogens is 290 g/mol. The number of carboxylic acids is 1. The van der Waals surface area contributed by atoms with Crippen LogP contribution < -0.4 is 4.72 Å². The highest BCUT2D eigenvalue weighted by molar-refractivity contribution is 7.89. The standard InChI is InChI=1S/C15H23NO4S/c1-11(2)14(15(17)18)9-16-21(19,20)10-12(3)13-7-5-4-6-8-13/h4-8,11-12,14,16H,9-10H2,1-3H3,(H,17,18). The molecule has 0 fully saturated rings. The third kappa shape index (κ3) is 5.85. The molecule has 0 heterocycles. The maximum Gasteiger partial charge on any atom is 0.308 e. The largest absolute Gasteiger partial charge is 0.481 e. The first-order valence-corrected chi connectivity index (χ1v) is 8.63. The Hall–Kier alpha value is -1.40. The quantitative estimate of drug-likeness (QED) is 0.769. The summed E-state index contributed by atoms with van der Waals surface area (Å²) >= 11 is 0. The van der Waals surface area contributed by atoms with Crippen LogP contribution in [0.25, 0.3) is 0 Å². The molecule has 0 saturated carbocycles. The van der Waals surface area contributed by atoms with Gasteiger partial charge in [0, 0.05) is 6.54 Å². The Bertz CT molecular complexity index is 554. The van der Waals surface area contributed by atoms with E-state index in [4.69, 9.17) is 5.11 Å². The number of rotatable bonds is 8. The van der Waals surface area contributed by atoms with Crippen LogP contribution in [-0.2, 0) is 14.8 Å². The summed E-state index contributed by atoms with van der Waals surface area (Å²) in [6.45, 7) is 5.29. The minimum absolute atomic E-state index is 0.0541. The van der Waals surface area contributed by atoms with E-state index >= 15 is 0 Å². The van der Waals surface area contributed by atoms with Crippen molar-refractivity contribution < 1.29 is 18.3 Å². The van der Waals surface area contributed by atoms with Gasteiger partial charge in [-0.3, -0.25) is 4.79 Å². The molecule has 0 spiro atoms. The minimum Gasteiger partial charge on any atom is -0.481 e. The van der Waals surface area contributed by atoms with E-state index in [-0.39, 0.29) is 24.1 Å². The number of carboxylic acid groups (broad SMARTS) is 1. The second-order valence-corrected chi connectivity index (χ2v) is 7.48. The molecule has 0 aliphatic heterocycles. The molecule has 1 aromatic rings. The van der Waals surface area contributed by atoms with Gasteiger partial charge in [0.25, 0.3) is 0 Å².